The monoisotopic (exact) mass is 350 g/mol. The van der Waals surface area contributed by atoms with Crippen LogP contribution in [0.1, 0.15) is 17.5 Å². The molecule has 1 amide bonds. The normalized spacial score (nSPS) is 18.0. The number of amides is 1. The van der Waals surface area contributed by atoms with Crippen molar-refractivity contribution in [3.05, 3.63) is 35.4 Å². The van der Waals surface area contributed by atoms with E-state index in [2.05, 4.69) is 5.32 Å². The summed E-state index contributed by atoms with van der Waals surface area (Å²) in [6.45, 7) is 0.844. The van der Waals surface area contributed by atoms with Gasteiger partial charge in [-0.3, -0.25) is 4.79 Å². The van der Waals surface area contributed by atoms with Gasteiger partial charge >= 0.3 is 6.18 Å². The highest BCUT2D eigenvalue weighted by Crippen LogP contribution is 2.29. The first kappa shape index (κ1) is 17.7. The fourth-order valence-corrected chi connectivity index (χ4v) is 3.85. The van der Waals surface area contributed by atoms with Crippen molar-refractivity contribution in [2.45, 2.75) is 19.0 Å². The summed E-state index contributed by atoms with van der Waals surface area (Å²) >= 11 is 0. The molecule has 0 aromatic heterocycles. The van der Waals surface area contributed by atoms with E-state index in [1.165, 1.54) is 16.4 Å². The van der Waals surface area contributed by atoms with Crippen molar-refractivity contribution in [2.24, 2.45) is 0 Å². The molecule has 0 spiro atoms. The Kier molecular flexibility index (Phi) is 5.30. The first-order chi connectivity index (χ1) is 10.7. The molecule has 23 heavy (non-hydrogen) atoms. The number of benzene rings is 1. The molecule has 1 N–H and O–H groups in total. The van der Waals surface area contributed by atoms with Gasteiger partial charge in [0.1, 0.15) is 0 Å². The summed E-state index contributed by atoms with van der Waals surface area (Å²) in [6, 6.07) is 4.37. The molecule has 2 rings (SSSR count). The Morgan fingerprint density at radius 3 is 2.39 bits per heavy atom. The topological polar surface area (TPSA) is 66.5 Å². The maximum atomic E-state index is 12.4. The SMILES string of the molecule is O=C(Cc1ccc(C(F)(F)F)cc1)NCCN1CCCS1(=O)=O. The quantitative estimate of drug-likeness (QED) is 0.873. The molecule has 1 saturated heterocycles. The second kappa shape index (κ2) is 6.88. The number of alkyl halides is 3. The van der Waals surface area contributed by atoms with Crippen LogP contribution in [-0.2, 0) is 27.4 Å². The van der Waals surface area contributed by atoms with Crippen molar-refractivity contribution >= 4 is 15.9 Å². The first-order valence-corrected chi connectivity index (χ1v) is 8.70. The first-order valence-electron chi connectivity index (χ1n) is 7.09. The summed E-state index contributed by atoms with van der Waals surface area (Å²) in [4.78, 5) is 11.7. The molecule has 1 aromatic rings. The molecule has 1 aliphatic rings. The van der Waals surface area contributed by atoms with E-state index in [4.69, 9.17) is 0 Å². The van der Waals surface area contributed by atoms with E-state index < -0.39 is 21.8 Å². The fourth-order valence-electron chi connectivity index (χ4n) is 2.32. The van der Waals surface area contributed by atoms with Gasteiger partial charge in [-0.2, -0.15) is 13.2 Å². The summed E-state index contributed by atoms with van der Waals surface area (Å²) in [6.07, 6.45) is -3.87. The predicted octanol–water partition coefficient (Wildman–Crippen LogP) is 1.40. The van der Waals surface area contributed by atoms with Crippen molar-refractivity contribution in [1.82, 2.24) is 9.62 Å². The molecule has 0 saturated carbocycles. The van der Waals surface area contributed by atoms with Crippen molar-refractivity contribution in [2.75, 3.05) is 25.4 Å². The lowest BCUT2D eigenvalue weighted by atomic mass is 10.1. The third-order valence-electron chi connectivity index (χ3n) is 3.53. The maximum Gasteiger partial charge on any atom is 0.416 e. The van der Waals surface area contributed by atoms with Crippen molar-refractivity contribution in [3.63, 3.8) is 0 Å². The Morgan fingerprint density at radius 1 is 1.22 bits per heavy atom. The molecule has 9 heteroatoms. The summed E-state index contributed by atoms with van der Waals surface area (Å²) < 4.78 is 61.7. The van der Waals surface area contributed by atoms with E-state index in [0.29, 0.717) is 18.5 Å². The maximum absolute atomic E-state index is 12.4. The predicted molar refractivity (Wildman–Crippen MR) is 78.1 cm³/mol. The number of hydrogen-bond acceptors (Lipinski definition) is 3. The molecule has 0 unspecified atom stereocenters. The molecule has 5 nitrogen and oxygen atoms in total. The Hall–Kier alpha value is -1.61. The lowest BCUT2D eigenvalue weighted by Gasteiger charge is -2.14. The molecule has 0 radical (unpaired) electrons. The molecule has 128 valence electrons. The van der Waals surface area contributed by atoms with Crippen molar-refractivity contribution < 1.29 is 26.4 Å². The average molecular weight is 350 g/mol. The largest absolute Gasteiger partial charge is 0.416 e. The average Bonchev–Trinajstić information content (AvgIpc) is 2.77. The number of halogens is 3. The van der Waals surface area contributed by atoms with Gasteiger partial charge in [-0.05, 0) is 24.1 Å². The number of hydrogen-bond donors (Lipinski definition) is 1. The number of sulfonamides is 1. The van der Waals surface area contributed by atoms with E-state index in [-0.39, 0.29) is 31.2 Å². The van der Waals surface area contributed by atoms with Gasteiger partial charge in [-0.1, -0.05) is 12.1 Å². The van der Waals surface area contributed by atoms with Crippen LogP contribution in [0.15, 0.2) is 24.3 Å². The molecule has 1 aliphatic heterocycles. The van der Waals surface area contributed by atoms with Crippen molar-refractivity contribution in [3.8, 4) is 0 Å². The Labute approximate surface area is 132 Å². The van der Waals surface area contributed by atoms with Crippen LogP contribution in [-0.4, -0.2) is 44.0 Å². The lowest BCUT2D eigenvalue weighted by molar-refractivity contribution is -0.137. The Balaban J connectivity index is 1.79. The van der Waals surface area contributed by atoms with Gasteiger partial charge in [0.25, 0.3) is 0 Å². The second-order valence-corrected chi connectivity index (χ2v) is 7.38. The van der Waals surface area contributed by atoms with Crippen LogP contribution < -0.4 is 5.32 Å². The molecule has 0 bridgehead atoms. The summed E-state index contributed by atoms with van der Waals surface area (Å²) in [7, 11) is -3.19. The number of rotatable bonds is 5. The van der Waals surface area contributed by atoms with E-state index in [0.717, 1.165) is 12.1 Å². The van der Waals surface area contributed by atoms with Crippen LogP contribution in [0.5, 0.6) is 0 Å². The van der Waals surface area contributed by atoms with Gasteiger partial charge in [0.15, 0.2) is 0 Å². The van der Waals surface area contributed by atoms with E-state index in [9.17, 15) is 26.4 Å². The number of nitrogens with zero attached hydrogens (tertiary/aromatic N) is 1. The Bertz CT molecular complexity index is 657. The number of carbonyl (C=O) groups is 1. The summed E-state index contributed by atoms with van der Waals surface area (Å²) in [5.41, 5.74) is -0.301. The molecule has 1 heterocycles. The molecule has 1 aromatic carbocycles. The second-order valence-electron chi connectivity index (χ2n) is 5.29. The molecule has 0 atom stereocenters. The summed E-state index contributed by atoms with van der Waals surface area (Å²) in [5, 5.41) is 2.57. The molecule has 0 aliphatic carbocycles. The van der Waals surface area contributed by atoms with E-state index in [1.54, 1.807) is 0 Å². The third-order valence-corrected chi connectivity index (χ3v) is 5.49. The van der Waals surface area contributed by atoms with Crippen molar-refractivity contribution in [1.29, 1.82) is 0 Å². The van der Waals surface area contributed by atoms with Gasteiger partial charge < -0.3 is 5.32 Å². The lowest BCUT2D eigenvalue weighted by Crippen LogP contribution is -2.36. The highest BCUT2D eigenvalue weighted by molar-refractivity contribution is 7.89. The highest BCUT2D eigenvalue weighted by atomic mass is 32.2. The minimum Gasteiger partial charge on any atom is -0.354 e. The third kappa shape index (κ3) is 4.93. The Morgan fingerprint density at radius 2 is 1.87 bits per heavy atom. The zero-order valence-electron chi connectivity index (χ0n) is 12.3. The van der Waals surface area contributed by atoms with Gasteiger partial charge in [-0.15, -0.1) is 0 Å². The molecular weight excluding hydrogens is 333 g/mol. The number of carbonyl (C=O) groups excluding carboxylic acids is 1. The van der Waals surface area contributed by atoms with E-state index in [1.807, 2.05) is 0 Å². The molecule has 1 fully saturated rings. The van der Waals surface area contributed by atoms with Gasteiger partial charge in [0.2, 0.25) is 15.9 Å². The van der Waals surface area contributed by atoms with Gasteiger partial charge in [0, 0.05) is 19.6 Å². The highest BCUT2D eigenvalue weighted by Gasteiger charge is 2.30. The smallest absolute Gasteiger partial charge is 0.354 e. The van der Waals surface area contributed by atoms with Crippen LogP contribution in [0.25, 0.3) is 0 Å². The standard InChI is InChI=1S/C14H17F3N2O3S/c15-14(16,17)12-4-2-11(3-5-12)10-13(20)18-6-8-19-7-1-9-23(19,21)22/h2-5H,1,6-10H2,(H,18,20). The van der Waals surface area contributed by atoms with Crippen LogP contribution >= 0.6 is 0 Å². The fraction of sp³-hybridized carbons (Fsp3) is 0.500. The van der Waals surface area contributed by atoms with Crippen LogP contribution in [0.4, 0.5) is 13.2 Å². The minimum absolute atomic E-state index is 0.0507. The van der Waals surface area contributed by atoms with Crippen LogP contribution in [0, 0.1) is 0 Å². The zero-order valence-corrected chi connectivity index (χ0v) is 13.1. The van der Waals surface area contributed by atoms with E-state index >= 15 is 0 Å². The zero-order chi connectivity index (χ0) is 17.1. The minimum atomic E-state index is -4.40. The van der Waals surface area contributed by atoms with Crippen LogP contribution in [0.2, 0.25) is 0 Å². The van der Waals surface area contributed by atoms with Gasteiger partial charge in [0.05, 0.1) is 17.7 Å². The summed E-state index contributed by atoms with van der Waals surface area (Å²) in [5.74, 6) is -0.228. The number of nitrogens with one attached hydrogen (secondary N) is 1. The van der Waals surface area contributed by atoms with Crippen LogP contribution in [0.3, 0.4) is 0 Å². The molecular formula is C14H17F3N2O3S. The van der Waals surface area contributed by atoms with Gasteiger partial charge in [-0.25, -0.2) is 12.7 Å².